The minimum absolute atomic E-state index is 0.0162. The van der Waals surface area contributed by atoms with Gasteiger partial charge in [-0.25, -0.2) is 4.52 Å². The Balaban J connectivity index is 2.79. The van der Waals surface area contributed by atoms with E-state index >= 15 is 0 Å². The number of halogens is 1. The second-order valence-electron chi connectivity index (χ2n) is 2.21. The van der Waals surface area contributed by atoms with E-state index in [9.17, 15) is 4.79 Å². The predicted octanol–water partition coefficient (Wildman–Crippen LogP) is 1.20. The van der Waals surface area contributed by atoms with Crippen molar-refractivity contribution in [1.29, 1.82) is 0 Å². The van der Waals surface area contributed by atoms with Gasteiger partial charge in [-0.2, -0.15) is 0 Å². The van der Waals surface area contributed by atoms with E-state index in [1.54, 1.807) is 18.3 Å². The summed E-state index contributed by atoms with van der Waals surface area (Å²) < 4.78 is 8.29. The van der Waals surface area contributed by atoms with Crippen LogP contribution in [0.15, 0.2) is 18.3 Å². The van der Waals surface area contributed by atoms with Crippen LogP contribution in [-0.4, -0.2) is 21.1 Å². The van der Waals surface area contributed by atoms with Crippen LogP contribution in [0.2, 0.25) is 5.02 Å². The molecule has 0 spiro atoms. The summed E-state index contributed by atoms with van der Waals surface area (Å²) in [7, 11) is 0. The molecule has 0 aliphatic heterocycles. The monoisotopic (exact) mass is 182 g/mol. The van der Waals surface area contributed by atoms with Crippen LogP contribution in [0, 0.1) is 0 Å². The van der Waals surface area contributed by atoms with E-state index in [-0.39, 0.29) is 5.69 Å². The SMILES string of the molecule is [2H]C(=O)c1nnn2ccc(Cl)cc12. The fourth-order valence-corrected chi connectivity index (χ4v) is 1.10. The van der Waals surface area contributed by atoms with E-state index in [1.807, 2.05) is 0 Å². The molecule has 4 nitrogen and oxygen atoms in total. The lowest BCUT2D eigenvalue weighted by Gasteiger charge is -1.90. The lowest BCUT2D eigenvalue weighted by atomic mass is 10.3. The van der Waals surface area contributed by atoms with Crippen LogP contribution in [0.5, 0.6) is 0 Å². The van der Waals surface area contributed by atoms with Gasteiger partial charge in [0.25, 0.3) is 0 Å². The van der Waals surface area contributed by atoms with Crippen molar-refractivity contribution in [2.45, 2.75) is 0 Å². The van der Waals surface area contributed by atoms with E-state index in [4.69, 9.17) is 13.0 Å². The molecular weight excluding hydrogens is 178 g/mol. The average Bonchev–Trinajstić information content (AvgIpc) is 2.46. The Bertz CT molecular complexity index is 482. The number of fused-ring (bicyclic) bond motifs is 1. The summed E-state index contributed by atoms with van der Waals surface area (Å²) in [5.41, 5.74) is 0.468. The molecule has 0 atom stereocenters. The van der Waals surface area contributed by atoms with Crippen LogP contribution in [0.25, 0.3) is 5.52 Å². The maximum Gasteiger partial charge on any atom is 0.172 e. The normalized spacial score (nSPS) is 11.6. The lowest BCUT2D eigenvalue weighted by molar-refractivity contribution is 0.112. The van der Waals surface area contributed by atoms with Gasteiger partial charge in [0, 0.05) is 11.2 Å². The van der Waals surface area contributed by atoms with Crippen molar-refractivity contribution in [2.24, 2.45) is 0 Å². The highest BCUT2D eigenvalue weighted by molar-refractivity contribution is 6.30. The zero-order valence-electron chi connectivity index (χ0n) is 6.86. The number of carbonyl (C=O) groups is 1. The Kier molecular flexibility index (Phi) is 1.31. The molecule has 0 bridgehead atoms. The molecule has 0 radical (unpaired) electrons. The molecule has 12 heavy (non-hydrogen) atoms. The van der Waals surface area contributed by atoms with Gasteiger partial charge in [-0.15, -0.1) is 5.10 Å². The van der Waals surface area contributed by atoms with Crippen LogP contribution in [0.3, 0.4) is 0 Å². The van der Waals surface area contributed by atoms with Gasteiger partial charge >= 0.3 is 0 Å². The van der Waals surface area contributed by atoms with Gasteiger partial charge in [-0.3, -0.25) is 4.79 Å². The second-order valence-corrected chi connectivity index (χ2v) is 2.65. The Labute approximate surface area is 74.2 Å². The predicted molar refractivity (Wildman–Crippen MR) is 43.4 cm³/mol. The first-order valence-electron chi connectivity index (χ1n) is 3.70. The van der Waals surface area contributed by atoms with Crippen LogP contribution in [0.4, 0.5) is 0 Å². The summed E-state index contributed by atoms with van der Waals surface area (Å²) in [5.74, 6) is 0. The van der Waals surface area contributed by atoms with E-state index in [0.717, 1.165) is 0 Å². The molecule has 0 aromatic carbocycles. The van der Waals surface area contributed by atoms with Gasteiger partial charge in [0.1, 0.15) is 1.37 Å². The molecule has 2 aromatic rings. The summed E-state index contributed by atoms with van der Waals surface area (Å²) in [6, 6.07) is 3.17. The quantitative estimate of drug-likeness (QED) is 0.623. The first-order chi connectivity index (χ1) is 6.18. The first-order valence-corrected chi connectivity index (χ1v) is 3.58. The minimum Gasteiger partial charge on any atom is -0.296 e. The van der Waals surface area contributed by atoms with Crippen molar-refractivity contribution in [3.8, 4) is 0 Å². The minimum atomic E-state index is -0.864. The topological polar surface area (TPSA) is 47.3 Å². The third-order valence-electron chi connectivity index (χ3n) is 1.48. The molecule has 0 N–H and O–H groups in total. The zero-order valence-corrected chi connectivity index (χ0v) is 6.62. The molecule has 5 heteroatoms. The molecule has 0 saturated carbocycles. The van der Waals surface area contributed by atoms with Crippen molar-refractivity contribution >= 4 is 23.4 Å². The standard InChI is InChI=1S/C7H4ClN3O/c8-5-1-2-11-7(3-5)6(4-12)9-10-11/h1-4H/i4D. The number of carbonyl (C=O) groups excluding carboxylic acids is 1. The number of hydrogen-bond donors (Lipinski definition) is 0. The van der Waals surface area contributed by atoms with Crippen LogP contribution < -0.4 is 0 Å². The summed E-state index contributed by atoms with van der Waals surface area (Å²) in [5, 5.41) is 7.69. The second kappa shape index (κ2) is 2.57. The molecule has 2 heterocycles. The number of aldehydes is 1. The molecule has 2 rings (SSSR count). The summed E-state index contributed by atoms with van der Waals surface area (Å²) in [4.78, 5) is 10.7. The number of hydrogen-bond acceptors (Lipinski definition) is 3. The molecular formula is C7H4ClN3O. The highest BCUT2D eigenvalue weighted by Crippen LogP contribution is 2.12. The molecule has 2 aromatic heterocycles. The van der Waals surface area contributed by atoms with Crippen LogP contribution >= 0.6 is 11.6 Å². The van der Waals surface area contributed by atoms with Crippen molar-refractivity contribution in [3.63, 3.8) is 0 Å². The van der Waals surface area contributed by atoms with E-state index in [2.05, 4.69) is 10.3 Å². The Morgan fingerprint density at radius 3 is 3.33 bits per heavy atom. The third-order valence-corrected chi connectivity index (χ3v) is 1.71. The van der Waals surface area contributed by atoms with E-state index in [1.165, 1.54) is 4.52 Å². The third kappa shape index (κ3) is 0.967. The zero-order chi connectivity index (χ0) is 9.42. The Morgan fingerprint density at radius 1 is 1.75 bits per heavy atom. The van der Waals surface area contributed by atoms with Crippen molar-refractivity contribution in [2.75, 3.05) is 0 Å². The fourth-order valence-electron chi connectivity index (χ4n) is 0.939. The van der Waals surface area contributed by atoms with Gasteiger partial charge in [-0.1, -0.05) is 16.8 Å². The van der Waals surface area contributed by atoms with Crippen LogP contribution in [0.1, 0.15) is 11.9 Å². The lowest BCUT2D eigenvalue weighted by Crippen LogP contribution is -1.85. The molecule has 0 unspecified atom stereocenters. The molecule has 0 fully saturated rings. The van der Waals surface area contributed by atoms with Crippen molar-refractivity contribution in [1.82, 2.24) is 14.8 Å². The van der Waals surface area contributed by atoms with E-state index in [0.29, 0.717) is 10.5 Å². The maximum atomic E-state index is 10.7. The number of nitrogens with zero attached hydrogens (tertiary/aromatic N) is 3. The number of pyridine rings is 1. The number of rotatable bonds is 1. The molecule has 0 aliphatic rings. The molecule has 0 saturated heterocycles. The van der Waals surface area contributed by atoms with Crippen molar-refractivity contribution in [3.05, 3.63) is 29.0 Å². The Hall–Kier alpha value is -1.42. The highest BCUT2D eigenvalue weighted by Gasteiger charge is 2.03. The first kappa shape index (κ1) is 6.14. The smallest absolute Gasteiger partial charge is 0.172 e. The fraction of sp³-hybridized carbons (Fsp3) is 0. The van der Waals surface area contributed by atoms with Gasteiger partial charge in [0.15, 0.2) is 12.0 Å². The molecule has 0 aliphatic carbocycles. The summed E-state index contributed by atoms with van der Waals surface area (Å²) in [6.45, 7) is 0. The molecule has 0 amide bonds. The average molecular weight is 183 g/mol. The molecule has 60 valence electrons. The van der Waals surface area contributed by atoms with Gasteiger partial charge in [0.05, 0.1) is 5.52 Å². The highest BCUT2D eigenvalue weighted by atomic mass is 35.5. The summed E-state index contributed by atoms with van der Waals surface area (Å²) >= 11 is 5.71. The van der Waals surface area contributed by atoms with Gasteiger partial charge in [-0.05, 0) is 12.1 Å². The van der Waals surface area contributed by atoms with Crippen LogP contribution in [-0.2, 0) is 0 Å². The Morgan fingerprint density at radius 2 is 2.58 bits per heavy atom. The van der Waals surface area contributed by atoms with Crippen molar-refractivity contribution < 1.29 is 6.17 Å². The van der Waals surface area contributed by atoms with E-state index < -0.39 is 6.26 Å². The number of aromatic nitrogens is 3. The van der Waals surface area contributed by atoms with Gasteiger partial charge < -0.3 is 0 Å². The largest absolute Gasteiger partial charge is 0.296 e. The van der Waals surface area contributed by atoms with Gasteiger partial charge in [0.2, 0.25) is 0 Å². The maximum absolute atomic E-state index is 10.7. The summed E-state index contributed by atoms with van der Waals surface area (Å²) in [6.07, 6.45) is 0.717.